The van der Waals surface area contributed by atoms with Gasteiger partial charge in [0.1, 0.15) is 5.01 Å². The summed E-state index contributed by atoms with van der Waals surface area (Å²) >= 11 is 1.40. The van der Waals surface area contributed by atoms with Crippen molar-refractivity contribution in [3.8, 4) is 0 Å². The first-order valence-electron chi connectivity index (χ1n) is 8.36. The maximum absolute atomic E-state index is 12.3. The lowest BCUT2D eigenvalue weighted by Gasteiger charge is -2.35. The van der Waals surface area contributed by atoms with Crippen molar-refractivity contribution < 1.29 is 4.79 Å². The summed E-state index contributed by atoms with van der Waals surface area (Å²) in [5.74, 6) is -0.0218. The third kappa shape index (κ3) is 4.18. The maximum Gasteiger partial charge on any atom is 0.240 e. The van der Waals surface area contributed by atoms with Crippen molar-refractivity contribution in [2.45, 2.75) is 52.6 Å². The molecule has 1 aliphatic rings. The lowest BCUT2D eigenvalue weighted by molar-refractivity contribution is -0.118. The summed E-state index contributed by atoms with van der Waals surface area (Å²) in [4.78, 5) is 14.6. The van der Waals surface area contributed by atoms with Gasteiger partial charge in [-0.2, -0.15) is 5.10 Å². The van der Waals surface area contributed by atoms with Gasteiger partial charge in [0.05, 0.1) is 18.8 Å². The number of nitrogens with zero attached hydrogens (tertiary/aromatic N) is 5. The van der Waals surface area contributed by atoms with E-state index in [1.807, 2.05) is 13.8 Å². The molecule has 2 aromatic heterocycles. The molecule has 0 bridgehead atoms. The second-order valence-electron chi connectivity index (χ2n) is 6.40. The number of likely N-dealkylation sites (tertiary alicyclic amines) is 1. The molecule has 130 valence electrons. The van der Waals surface area contributed by atoms with Crippen molar-refractivity contribution in [2.75, 3.05) is 18.4 Å². The SMILES string of the molecule is Cc1cc(C)n(C[C@H]2CCCCN2CC(=O)Nc2nnc(C)s2)n1. The molecule has 1 saturated heterocycles. The quantitative estimate of drug-likeness (QED) is 0.896. The number of carbonyl (C=O) groups is 1. The van der Waals surface area contributed by atoms with Crippen molar-refractivity contribution in [3.05, 3.63) is 22.5 Å². The van der Waals surface area contributed by atoms with Crippen molar-refractivity contribution >= 4 is 22.4 Å². The Balaban J connectivity index is 1.61. The molecule has 3 rings (SSSR count). The Kier molecular flexibility index (Phi) is 5.25. The molecule has 1 N–H and O–H groups in total. The van der Waals surface area contributed by atoms with Crippen LogP contribution in [0.5, 0.6) is 0 Å². The summed E-state index contributed by atoms with van der Waals surface area (Å²) in [7, 11) is 0. The minimum Gasteiger partial charge on any atom is -0.299 e. The van der Waals surface area contributed by atoms with Gasteiger partial charge < -0.3 is 0 Å². The minimum atomic E-state index is -0.0218. The molecule has 1 atom stereocenters. The summed E-state index contributed by atoms with van der Waals surface area (Å²) in [5, 5.41) is 16.7. The Labute approximate surface area is 146 Å². The van der Waals surface area contributed by atoms with Gasteiger partial charge in [0.25, 0.3) is 0 Å². The zero-order valence-corrected chi connectivity index (χ0v) is 15.3. The van der Waals surface area contributed by atoms with E-state index in [9.17, 15) is 4.79 Å². The molecule has 0 spiro atoms. The number of hydrogen-bond donors (Lipinski definition) is 1. The molecule has 0 radical (unpaired) electrons. The van der Waals surface area contributed by atoms with E-state index in [2.05, 4.69) is 43.2 Å². The highest BCUT2D eigenvalue weighted by molar-refractivity contribution is 7.15. The fourth-order valence-corrected chi connectivity index (χ4v) is 3.83. The number of amides is 1. The van der Waals surface area contributed by atoms with Gasteiger partial charge in [0, 0.05) is 11.7 Å². The summed E-state index contributed by atoms with van der Waals surface area (Å²) in [6, 6.07) is 2.44. The molecule has 0 aromatic carbocycles. The Bertz CT molecular complexity index is 709. The molecule has 8 heteroatoms. The number of piperidine rings is 1. The van der Waals surface area contributed by atoms with Gasteiger partial charge in [-0.25, -0.2) is 0 Å². The predicted octanol–water partition coefficient (Wildman–Crippen LogP) is 2.15. The van der Waals surface area contributed by atoms with Gasteiger partial charge >= 0.3 is 0 Å². The van der Waals surface area contributed by atoms with Gasteiger partial charge in [0.2, 0.25) is 11.0 Å². The summed E-state index contributed by atoms with van der Waals surface area (Å²) < 4.78 is 2.06. The minimum absolute atomic E-state index is 0.0218. The zero-order valence-electron chi connectivity index (χ0n) is 14.4. The van der Waals surface area contributed by atoms with Crippen LogP contribution in [0.25, 0.3) is 0 Å². The Hall–Kier alpha value is -1.80. The van der Waals surface area contributed by atoms with Gasteiger partial charge in [-0.3, -0.25) is 19.7 Å². The molecular formula is C16H24N6OS. The topological polar surface area (TPSA) is 75.9 Å². The smallest absolute Gasteiger partial charge is 0.240 e. The summed E-state index contributed by atoms with van der Waals surface area (Å²) in [6.07, 6.45) is 3.44. The predicted molar refractivity (Wildman–Crippen MR) is 94.2 cm³/mol. The molecule has 1 amide bonds. The van der Waals surface area contributed by atoms with E-state index in [4.69, 9.17) is 0 Å². The second kappa shape index (κ2) is 7.40. The van der Waals surface area contributed by atoms with E-state index in [0.717, 1.165) is 36.6 Å². The lowest BCUT2D eigenvalue weighted by atomic mass is 10.0. The highest BCUT2D eigenvalue weighted by Crippen LogP contribution is 2.20. The number of anilines is 1. The highest BCUT2D eigenvalue weighted by atomic mass is 32.1. The van der Waals surface area contributed by atoms with E-state index in [0.29, 0.717) is 17.7 Å². The van der Waals surface area contributed by atoms with Crippen LogP contribution in [0.15, 0.2) is 6.07 Å². The van der Waals surface area contributed by atoms with Crippen LogP contribution in [0.2, 0.25) is 0 Å². The van der Waals surface area contributed by atoms with E-state index in [-0.39, 0.29) is 5.91 Å². The van der Waals surface area contributed by atoms with Crippen molar-refractivity contribution in [1.82, 2.24) is 24.9 Å². The average molecular weight is 348 g/mol. The fraction of sp³-hybridized carbons (Fsp3) is 0.625. The summed E-state index contributed by atoms with van der Waals surface area (Å²) in [5.41, 5.74) is 2.21. The number of carbonyl (C=O) groups excluding carboxylic acids is 1. The third-order valence-corrected chi connectivity index (χ3v) is 5.11. The molecule has 0 aliphatic carbocycles. The molecule has 2 aromatic rings. The van der Waals surface area contributed by atoms with Crippen molar-refractivity contribution in [1.29, 1.82) is 0 Å². The van der Waals surface area contributed by atoms with E-state index >= 15 is 0 Å². The van der Waals surface area contributed by atoms with Crippen LogP contribution in [-0.4, -0.2) is 49.9 Å². The van der Waals surface area contributed by atoms with E-state index in [1.54, 1.807) is 0 Å². The molecule has 0 unspecified atom stereocenters. The maximum atomic E-state index is 12.3. The first-order valence-corrected chi connectivity index (χ1v) is 9.18. The molecule has 7 nitrogen and oxygen atoms in total. The third-order valence-electron chi connectivity index (χ3n) is 4.36. The molecule has 1 fully saturated rings. The molecule has 1 aliphatic heterocycles. The van der Waals surface area contributed by atoms with Crippen LogP contribution >= 0.6 is 11.3 Å². The van der Waals surface area contributed by atoms with Crippen LogP contribution in [0.4, 0.5) is 5.13 Å². The van der Waals surface area contributed by atoms with Crippen molar-refractivity contribution in [2.24, 2.45) is 0 Å². The van der Waals surface area contributed by atoms with Crippen molar-refractivity contribution in [3.63, 3.8) is 0 Å². The van der Waals surface area contributed by atoms with Gasteiger partial charge in [0.15, 0.2) is 0 Å². The Morgan fingerprint density at radius 2 is 2.17 bits per heavy atom. The Morgan fingerprint density at radius 1 is 1.33 bits per heavy atom. The monoisotopic (exact) mass is 348 g/mol. The normalized spacial score (nSPS) is 18.7. The number of rotatable bonds is 5. The van der Waals surface area contributed by atoms with Crippen LogP contribution in [0, 0.1) is 20.8 Å². The number of aryl methyl sites for hydroxylation is 3. The number of nitrogens with one attached hydrogen (secondary N) is 1. The van der Waals surface area contributed by atoms with Crippen LogP contribution in [0.3, 0.4) is 0 Å². The molecule has 3 heterocycles. The average Bonchev–Trinajstić information content (AvgIpc) is 3.06. The number of hydrogen-bond acceptors (Lipinski definition) is 6. The highest BCUT2D eigenvalue weighted by Gasteiger charge is 2.25. The van der Waals surface area contributed by atoms with Crippen LogP contribution < -0.4 is 5.32 Å². The fourth-order valence-electron chi connectivity index (χ4n) is 3.22. The zero-order chi connectivity index (χ0) is 17.1. The molecule has 24 heavy (non-hydrogen) atoms. The largest absolute Gasteiger partial charge is 0.299 e. The Morgan fingerprint density at radius 3 is 2.83 bits per heavy atom. The lowest BCUT2D eigenvalue weighted by Crippen LogP contribution is -2.46. The van der Waals surface area contributed by atoms with Gasteiger partial charge in [-0.05, 0) is 46.2 Å². The standard InChI is InChI=1S/C16H24N6OS/c1-11-8-12(2)22(20-11)9-14-6-4-5-7-21(14)10-15(23)17-16-19-18-13(3)24-16/h8,14H,4-7,9-10H2,1-3H3,(H,17,19,23)/t14-/m1/s1. The van der Waals surface area contributed by atoms with Crippen LogP contribution in [0.1, 0.15) is 35.7 Å². The molecular weight excluding hydrogens is 324 g/mol. The number of aromatic nitrogens is 4. The van der Waals surface area contributed by atoms with Gasteiger partial charge in [-0.15, -0.1) is 10.2 Å². The summed E-state index contributed by atoms with van der Waals surface area (Å²) in [6.45, 7) is 8.15. The first-order chi connectivity index (χ1) is 11.5. The molecule has 0 saturated carbocycles. The van der Waals surface area contributed by atoms with E-state index < -0.39 is 0 Å². The first kappa shape index (κ1) is 17.0. The van der Waals surface area contributed by atoms with Crippen LogP contribution in [-0.2, 0) is 11.3 Å². The van der Waals surface area contributed by atoms with E-state index in [1.165, 1.54) is 23.5 Å². The van der Waals surface area contributed by atoms with Gasteiger partial charge in [-0.1, -0.05) is 17.8 Å². The second-order valence-corrected chi connectivity index (χ2v) is 7.59.